The maximum atomic E-state index is 14.1. The van der Waals surface area contributed by atoms with Crippen LogP contribution in [0.1, 0.15) is 63.7 Å². The molecule has 1 unspecified atom stereocenters. The molecule has 1 saturated carbocycles. The lowest BCUT2D eigenvalue weighted by molar-refractivity contribution is -0.00177. The number of aromatic nitrogens is 1. The highest BCUT2D eigenvalue weighted by Gasteiger charge is 2.33. The van der Waals surface area contributed by atoms with E-state index in [2.05, 4.69) is 31.5 Å². The fourth-order valence-electron chi connectivity index (χ4n) is 3.40. The van der Waals surface area contributed by atoms with E-state index in [1.807, 2.05) is 0 Å². The molecule has 3 N–H and O–H groups in total. The maximum Gasteiger partial charge on any atom is 0.255 e. The average Bonchev–Trinajstić information content (AvgIpc) is 2.58. The minimum Gasteiger partial charge on any atom is -0.387 e. The molecule has 0 bridgehead atoms. The summed E-state index contributed by atoms with van der Waals surface area (Å²) >= 11 is 3.31. The normalized spacial score (nSPS) is 21.9. The summed E-state index contributed by atoms with van der Waals surface area (Å²) < 4.78 is 28.6. The van der Waals surface area contributed by atoms with Gasteiger partial charge in [-0.15, -0.1) is 0 Å². The highest BCUT2D eigenvalue weighted by Crippen LogP contribution is 2.36. The Morgan fingerprint density at radius 1 is 1.32 bits per heavy atom. The molecule has 1 amide bonds. The quantitative estimate of drug-likeness (QED) is 0.526. The third-order valence-corrected chi connectivity index (χ3v) is 5.81. The van der Waals surface area contributed by atoms with Crippen molar-refractivity contribution in [2.24, 2.45) is 5.92 Å². The number of pyridine rings is 1. The zero-order valence-electron chi connectivity index (χ0n) is 16.9. The van der Waals surface area contributed by atoms with Crippen molar-refractivity contribution in [1.29, 1.82) is 0 Å². The number of carbonyl (C=O) groups is 1. The largest absolute Gasteiger partial charge is 0.387 e. The second kappa shape index (κ2) is 9.03. The molecule has 5 nitrogen and oxygen atoms in total. The SMILES string of the molecule is CC(C)(O)C(F)CNC(=O)c1cnc(Br)cc1NC1CCC(C(C)(C)F)CC1. The number of anilines is 1. The van der Waals surface area contributed by atoms with Crippen LogP contribution in [0.2, 0.25) is 0 Å². The first-order valence-electron chi connectivity index (χ1n) is 9.63. The van der Waals surface area contributed by atoms with Crippen LogP contribution >= 0.6 is 15.9 Å². The number of hydrogen-bond donors (Lipinski definition) is 3. The Hall–Kier alpha value is -1.28. The highest BCUT2D eigenvalue weighted by molar-refractivity contribution is 9.10. The average molecular weight is 462 g/mol. The lowest BCUT2D eigenvalue weighted by Gasteiger charge is -2.35. The number of carbonyl (C=O) groups excluding carboxylic acids is 1. The molecule has 1 aromatic heterocycles. The Balaban J connectivity index is 2.03. The molecule has 1 aromatic rings. The predicted molar refractivity (Wildman–Crippen MR) is 110 cm³/mol. The number of hydrogen-bond acceptors (Lipinski definition) is 4. The molecular weight excluding hydrogens is 432 g/mol. The van der Waals surface area contributed by atoms with Crippen LogP contribution in [0, 0.1) is 5.92 Å². The van der Waals surface area contributed by atoms with Crippen LogP contribution in [0.25, 0.3) is 0 Å². The summed E-state index contributed by atoms with van der Waals surface area (Å²) in [4.78, 5) is 16.6. The first-order chi connectivity index (χ1) is 12.9. The summed E-state index contributed by atoms with van der Waals surface area (Å²) in [5.74, 6) is -0.422. The van der Waals surface area contributed by atoms with Gasteiger partial charge in [0.05, 0.1) is 23.4 Å². The monoisotopic (exact) mass is 461 g/mol. The molecule has 158 valence electrons. The summed E-state index contributed by atoms with van der Waals surface area (Å²) in [6.07, 6.45) is 3.02. The fraction of sp³-hybridized carbons (Fsp3) is 0.700. The topological polar surface area (TPSA) is 74.2 Å². The van der Waals surface area contributed by atoms with Crippen LogP contribution in [0.5, 0.6) is 0 Å². The van der Waals surface area contributed by atoms with E-state index in [9.17, 15) is 18.7 Å². The van der Waals surface area contributed by atoms with Crippen molar-refractivity contribution >= 4 is 27.5 Å². The molecule has 1 aliphatic rings. The second-order valence-corrected chi connectivity index (χ2v) is 9.45. The van der Waals surface area contributed by atoms with Gasteiger partial charge in [0.2, 0.25) is 0 Å². The molecule has 2 rings (SSSR count). The molecule has 0 radical (unpaired) electrons. The van der Waals surface area contributed by atoms with Crippen molar-refractivity contribution in [3.05, 3.63) is 22.4 Å². The van der Waals surface area contributed by atoms with Gasteiger partial charge >= 0.3 is 0 Å². The molecule has 1 heterocycles. The van der Waals surface area contributed by atoms with Crippen molar-refractivity contribution in [2.45, 2.75) is 76.9 Å². The summed E-state index contributed by atoms with van der Waals surface area (Å²) in [5, 5.41) is 15.5. The van der Waals surface area contributed by atoms with Crippen LogP contribution in [-0.4, -0.2) is 46.0 Å². The Morgan fingerprint density at radius 2 is 1.93 bits per heavy atom. The summed E-state index contributed by atoms with van der Waals surface area (Å²) in [7, 11) is 0. The Bertz CT molecular complexity index is 681. The molecule has 0 saturated heterocycles. The van der Waals surface area contributed by atoms with Gasteiger partial charge in [-0.05, 0) is 81.3 Å². The molecule has 0 aromatic carbocycles. The summed E-state index contributed by atoms with van der Waals surface area (Å²) in [6.45, 7) is 5.66. The Kier molecular flexibility index (Phi) is 7.42. The zero-order chi connectivity index (χ0) is 21.1. The van der Waals surface area contributed by atoms with E-state index in [0.29, 0.717) is 15.9 Å². The molecule has 0 aliphatic heterocycles. The van der Waals surface area contributed by atoms with Gasteiger partial charge in [-0.25, -0.2) is 13.8 Å². The van der Waals surface area contributed by atoms with Crippen LogP contribution in [0.15, 0.2) is 16.9 Å². The first kappa shape index (κ1) is 23.0. The minimum absolute atomic E-state index is 0.0424. The van der Waals surface area contributed by atoms with Gasteiger partial charge in [-0.3, -0.25) is 4.79 Å². The first-order valence-corrected chi connectivity index (χ1v) is 10.4. The molecular formula is C20H30BrF2N3O2. The lowest BCUT2D eigenvalue weighted by Crippen LogP contribution is -2.42. The summed E-state index contributed by atoms with van der Waals surface area (Å²) in [6, 6.07) is 1.84. The van der Waals surface area contributed by atoms with Crippen LogP contribution in [0.4, 0.5) is 14.5 Å². The molecule has 28 heavy (non-hydrogen) atoms. The van der Waals surface area contributed by atoms with Gasteiger partial charge < -0.3 is 15.7 Å². The minimum atomic E-state index is -1.59. The van der Waals surface area contributed by atoms with E-state index in [4.69, 9.17) is 0 Å². The van der Waals surface area contributed by atoms with Crippen molar-refractivity contribution < 1.29 is 18.7 Å². The van der Waals surface area contributed by atoms with E-state index in [0.717, 1.165) is 25.7 Å². The number of rotatable bonds is 7. The molecule has 1 aliphatic carbocycles. The van der Waals surface area contributed by atoms with Crippen LogP contribution in [0.3, 0.4) is 0 Å². The number of halogens is 3. The van der Waals surface area contributed by atoms with Crippen molar-refractivity contribution in [2.75, 3.05) is 11.9 Å². The highest BCUT2D eigenvalue weighted by atomic mass is 79.9. The number of amides is 1. The molecule has 1 atom stereocenters. The number of alkyl halides is 2. The van der Waals surface area contributed by atoms with Gasteiger partial charge in [-0.1, -0.05) is 0 Å². The lowest BCUT2D eigenvalue weighted by atomic mass is 9.78. The van der Waals surface area contributed by atoms with Gasteiger partial charge in [-0.2, -0.15) is 0 Å². The van der Waals surface area contributed by atoms with E-state index in [1.165, 1.54) is 20.0 Å². The fourth-order valence-corrected chi connectivity index (χ4v) is 3.73. The predicted octanol–water partition coefficient (Wildman–Crippen LogP) is 4.40. The number of nitrogens with zero attached hydrogens (tertiary/aromatic N) is 1. The van der Waals surface area contributed by atoms with Gasteiger partial charge in [0, 0.05) is 12.2 Å². The second-order valence-electron chi connectivity index (χ2n) is 8.64. The third-order valence-electron chi connectivity index (χ3n) is 5.38. The third kappa shape index (κ3) is 6.37. The Labute approximate surface area is 173 Å². The molecule has 1 fully saturated rings. The van der Waals surface area contributed by atoms with E-state index in [1.54, 1.807) is 19.9 Å². The van der Waals surface area contributed by atoms with Gasteiger partial charge in [0.15, 0.2) is 0 Å². The van der Waals surface area contributed by atoms with Crippen LogP contribution < -0.4 is 10.6 Å². The zero-order valence-corrected chi connectivity index (χ0v) is 18.4. The van der Waals surface area contributed by atoms with Crippen LogP contribution in [-0.2, 0) is 0 Å². The van der Waals surface area contributed by atoms with E-state index >= 15 is 0 Å². The van der Waals surface area contributed by atoms with Gasteiger partial charge in [0.1, 0.15) is 16.4 Å². The maximum absolute atomic E-state index is 14.1. The van der Waals surface area contributed by atoms with Crippen molar-refractivity contribution in [3.63, 3.8) is 0 Å². The Morgan fingerprint density at radius 3 is 2.46 bits per heavy atom. The smallest absolute Gasteiger partial charge is 0.255 e. The standard InChI is InChI=1S/C20H30BrF2N3O2/c1-19(2,23)12-5-7-13(8-6-12)26-15-9-17(21)24-10-14(15)18(27)25-11-16(22)20(3,4)28/h9-10,12-13,16,28H,5-8,11H2,1-4H3,(H,24,26)(H,25,27). The number of nitrogens with one attached hydrogen (secondary N) is 2. The summed E-state index contributed by atoms with van der Waals surface area (Å²) in [5.41, 5.74) is -1.81. The van der Waals surface area contributed by atoms with E-state index < -0.39 is 23.3 Å². The van der Waals surface area contributed by atoms with E-state index in [-0.39, 0.29) is 18.5 Å². The van der Waals surface area contributed by atoms with Crippen molar-refractivity contribution in [3.8, 4) is 0 Å². The molecule has 0 spiro atoms. The van der Waals surface area contributed by atoms with Crippen molar-refractivity contribution in [1.82, 2.24) is 10.3 Å². The van der Waals surface area contributed by atoms with Gasteiger partial charge in [0.25, 0.3) is 5.91 Å². The molecule has 8 heteroatoms. The number of aliphatic hydroxyl groups is 1.